The summed E-state index contributed by atoms with van der Waals surface area (Å²) in [7, 11) is 1.84. The van der Waals surface area contributed by atoms with E-state index in [1.807, 2.05) is 79.4 Å². The lowest BCUT2D eigenvalue weighted by Crippen LogP contribution is -2.42. The Morgan fingerprint density at radius 2 is 1.61 bits per heavy atom. The van der Waals surface area contributed by atoms with Gasteiger partial charge in [-0.2, -0.15) is 0 Å². The third-order valence-electron chi connectivity index (χ3n) is 9.68. The molecule has 0 aliphatic carbocycles. The number of hydrogen-bond acceptors (Lipinski definition) is 7. The van der Waals surface area contributed by atoms with E-state index in [1.54, 1.807) is 20.8 Å². The Morgan fingerprint density at radius 1 is 0.980 bits per heavy atom. The lowest BCUT2D eigenvalue weighted by molar-refractivity contribution is -0.140. The monoisotopic (exact) mass is 720 g/mol. The first-order valence-corrected chi connectivity index (χ1v) is 20.9. The van der Waals surface area contributed by atoms with Crippen LogP contribution in [0.3, 0.4) is 0 Å². The summed E-state index contributed by atoms with van der Waals surface area (Å²) in [5.74, 6) is -1.34. The lowest BCUT2D eigenvalue weighted by Gasteiger charge is -2.36. The van der Waals surface area contributed by atoms with Crippen molar-refractivity contribution in [2.45, 2.75) is 110 Å². The Hall–Kier alpha value is -3.80. The number of carboxylic acid groups (broad SMARTS) is 1. The molecule has 3 rings (SSSR count). The maximum atomic E-state index is 14.2. The van der Waals surface area contributed by atoms with Gasteiger partial charge >= 0.3 is 12.1 Å². The molecule has 1 aliphatic rings. The van der Waals surface area contributed by atoms with Gasteiger partial charge in [-0.3, -0.25) is 14.9 Å². The molecule has 1 aliphatic heterocycles. The van der Waals surface area contributed by atoms with E-state index in [1.165, 1.54) is 0 Å². The van der Waals surface area contributed by atoms with E-state index >= 15 is 0 Å². The number of carbonyl (C=O) groups is 3. The second-order valence-corrected chi connectivity index (χ2v) is 21.0. The second-order valence-electron chi connectivity index (χ2n) is 16.2. The molecule has 2 aromatic carbocycles. The van der Waals surface area contributed by atoms with Crippen molar-refractivity contribution in [2.75, 3.05) is 33.8 Å². The van der Waals surface area contributed by atoms with Crippen molar-refractivity contribution < 1.29 is 28.7 Å². The van der Waals surface area contributed by atoms with Crippen molar-refractivity contribution >= 4 is 43.9 Å². The largest absolute Gasteiger partial charge is 0.481 e. The van der Waals surface area contributed by atoms with Crippen LogP contribution in [-0.2, 0) is 18.8 Å². The van der Waals surface area contributed by atoms with Crippen LogP contribution >= 0.6 is 0 Å². The summed E-state index contributed by atoms with van der Waals surface area (Å²) >= 11 is 0. The van der Waals surface area contributed by atoms with Gasteiger partial charge < -0.3 is 24.1 Å². The fourth-order valence-corrected chi connectivity index (χ4v) is 6.66. The predicted molar refractivity (Wildman–Crippen MR) is 209 cm³/mol. The smallest absolute Gasteiger partial charge is 0.413 e. The maximum Gasteiger partial charge on any atom is 0.413 e. The Labute approximate surface area is 306 Å². The average Bonchev–Trinajstić information content (AvgIpc) is 3.19. The van der Waals surface area contributed by atoms with Gasteiger partial charge in [0, 0.05) is 43.3 Å². The molecule has 2 N–H and O–H groups in total. The van der Waals surface area contributed by atoms with E-state index in [9.17, 15) is 19.5 Å². The topological polar surface area (TPSA) is 121 Å². The molecule has 1 heterocycles. The number of aliphatic imine (C=N–C) groups is 1. The number of alkyl carbamates (subject to hydrolysis) is 1. The van der Waals surface area contributed by atoms with Gasteiger partial charge in [0.2, 0.25) is 5.91 Å². The van der Waals surface area contributed by atoms with E-state index in [4.69, 9.17) is 14.2 Å². The van der Waals surface area contributed by atoms with Gasteiger partial charge in [0.15, 0.2) is 8.32 Å². The molecule has 51 heavy (non-hydrogen) atoms. The molecule has 0 spiro atoms. The van der Waals surface area contributed by atoms with Crippen LogP contribution in [0.1, 0.15) is 91.7 Å². The minimum atomic E-state index is -1.90. The van der Waals surface area contributed by atoms with Gasteiger partial charge in [-0.05, 0) is 102 Å². The normalized spacial score (nSPS) is 14.8. The molecule has 2 atom stereocenters. The molecular formula is C40H60N4O6Si. The van der Waals surface area contributed by atoms with Crippen LogP contribution in [0.2, 0.25) is 18.1 Å². The SMILES string of the molecule is CCCN(CCCO[Si](C)(C)C(C)(C)C)C(=O)C1=Cc2ccc(-c3ccc(C(C(=O)O)C(C)N(C)C)cc3)cc2N=C(NC(=O)OC(C)(C)C)C1. The van der Waals surface area contributed by atoms with Crippen molar-refractivity contribution in [3.05, 3.63) is 59.2 Å². The van der Waals surface area contributed by atoms with Crippen molar-refractivity contribution in [2.24, 2.45) is 4.99 Å². The minimum absolute atomic E-state index is 0.102. The van der Waals surface area contributed by atoms with Crippen molar-refractivity contribution in [1.29, 1.82) is 0 Å². The van der Waals surface area contributed by atoms with Gasteiger partial charge in [0.05, 0.1) is 11.6 Å². The highest BCUT2D eigenvalue weighted by Crippen LogP contribution is 2.37. The molecule has 2 aromatic rings. The van der Waals surface area contributed by atoms with Gasteiger partial charge in [-0.1, -0.05) is 64.1 Å². The highest BCUT2D eigenvalue weighted by Gasteiger charge is 2.37. The van der Waals surface area contributed by atoms with Crippen LogP contribution in [-0.4, -0.2) is 92.5 Å². The molecule has 0 aromatic heterocycles. The highest BCUT2D eigenvalue weighted by molar-refractivity contribution is 6.74. The standard InChI is InChI=1S/C40H60N4O6Si/c1-13-21-44(22-14-23-49-51(11,12)40(6,7)8)36(45)32-24-31-20-19-30(25-33(31)41-34(26-32)42-38(48)50-39(3,4)5)28-15-17-29(18-16-28)35(37(46)47)27(2)43(9)10/h15-20,24-25,27,35H,13-14,21-23,26H2,1-12H3,(H,46,47)(H,41,42,48). The van der Waals surface area contributed by atoms with Crippen LogP contribution in [0.4, 0.5) is 10.5 Å². The number of amidine groups is 1. The van der Waals surface area contributed by atoms with Crippen LogP contribution in [0.5, 0.6) is 0 Å². The molecule has 0 saturated carbocycles. The lowest BCUT2D eigenvalue weighted by atomic mass is 9.90. The van der Waals surface area contributed by atoms with Crippen molar-refractivity contribution in [1.82, 2.24) is 15.1 Å². The van der Waals surface area contributed by atoms with E-state index < -0.39 is 31.9 Å². The summed E-state index contributed by atoms with van der Waals surface area (Å²) in [5, 5.41) is 12.9. The number of aliphatic carboxylic acids is 1. The van der Waals surface area contributed by atoms with Crippen LogP contribution in [0.15, 0.2) is 53.0 Å². The van der Waals surface area contributed by atoms with E-state index in [-0.39, 0.29) is 23.4 Å². The number of rotatable bonds is 13. The number of carbonyl (C=O) groups excluding carboxylic acids is 2. The summed E-state index contributed by atoms with van der Waals surface area (Å²) in [5.41, 5.74) is 3.63. The fraction of sp³-hybridized carbons (Fsp3) is 0.550. The average molecular weight is 721 g/mol. The fourth-order valence-electron chi connectivity index (χ4n) is 5.57. The molecule has 280 valence electrons. The molecule has 0 fully saturated rings. The number of benzene rings is 2. The highest BCUT2D eigenvalue weighted by atomic mass is 28.4. The molecule has 2 unspecified atom stereocenters. The molecule has 11 heteroatoms. The third kappa shape index (κ3) is 11.6. The maximum absolute atomic E-state index is 14.2. The number of hydrogen-bond donors (Lipinski definition) is 2. The van der Waals surface area contributed by atoms with E-state index in [0.29, 0.717) is 36.8 Å². The first-order chi connectivity index (χ1) is 23.6. The summed E-state index contributed by atoms with van der Waals surface area (Å²) in [6.45, 7) is 22.2. The summed E-state index contributed by atoms with van der Waals surface area (Å²) in [6, 6.07) is 13.2. The van der Waals surface area contributed by atoms with Gasteiger partial charge in [0.1, 0.15) is 11.4 Å². The van der Waals surface area contributed by atoms with E-state index in [0.717, 1.165) is 35.1 Å². The number of likely N-dealkylation sites (N-methyl/N-ethyl adjacent to an activating group) is 1. The zero-order chi connectivity index (χ0) is 38.3. The Bertz CT molecular complexity index is 1600. The van der Waals surface area contributed by atoms with Gasteiger partial charge in [-0.15, -0.1) is 0 Å². The zero-order valence-electron chi connectivity index (χ0n) is 32.8. The molecule has 0 saturated heterocycles. The Morgan fingerprint density at radius 3 is 2.16 bits per heavy atom. The first-order valence-electron chi connectivity index (χ1n) is 18.0. The summed E-state index contributed by atoms with van der Waals surface area (Å²) in [6.07, 6.45) is 2.88. The first kappa shape index (κ1) is 41.6. The number of carboxylic acids is 1. The van der Waals surface area contributed by atoms with E-state index in [2.05, 4.69) is 46.1 Å². The number of nitrogens with one attached hydrogen (secondary N) is 1. The quantitative estimate of drug-likeness (QED) is 0.157. The van der Waals surface area contributed by atoms with Crippen LogP contribution < -0.4 is 5.32 Å². The number of fused-ring (bicyclic) bond motifs is 1. The summed E-state index contributed by atoms with van der Waals surface area (Å²) < 4.78 is 11.9. The Balaban J connectivity index is 1.96. The zero-order valence-corrected chi connectivity index (χ0v) is 33.8. The number of ether oxygens (including phenoxy) is 1. The van der Waals surface area contributed by atoms with Crippen molar-refractivity contribution in [3.63, 3.8) is 0 Å². The molecule has 0 radical (unpaired) electrons. The van der Waals surface area contributed by atoms with Gasteiger partial charge in [0.25, 0.3) is 0 Å². The predicted octanol–water partition coefficient (Wildman–Crippen LogP) is 8.46. The molecular weight excluding hydrogens is 661 g/mol. The second kappa shape index (κ2) is 17.1. The minimum Gasteiger partial charge on any atom is -0.481 e. The van der Waals surface area contributed by atoms with Crippen molar-refractivity contribution in [3.8, 4) is 11.1 Å². The van der Waals surface area contributed by atoms with Gasteiger partial charge in [-0.25, -0.2) is 9.79 Å². The van der Waals surface area contributed by atoms with Crippen LogP contribution in [0, 0.1) is 0 Å². The Kier molecular flexibility index (Phi) is 14.0. The molecule has 2 amide bonds. The number of nitrogens with zero attached hydrogens (tertiary/aromatic N) is 3. The summed E-state index contributed by atoms with van der Waals surface area (Å²) in [4.78, 5) is 47.8. The third-order valence-corrected chi connectivity index (χ3v) is 14.2. The molecule has 0 bridgehead atoms. The van der Waals surface area contributed by atoms with Crippen LogP contribution in [0.25, 0.3) is 17.2 Å². The molecule has 10 nitrogen and oxygen atoms in total. The number of amides is 2.